The Balaban J connectivity index is 2.42. The molecule has 0 unspecified atom stereocenters. The molecule has 0 amide bonds. The van der Waals surface area contributed by atoms with Gasteiger partial charge in [-0.15, -0.1) is 0 Å². The van der Waals surface area contributed by atoms with Crippen LogP contribution in [0, 0.1) is 0 Å². The van der Waals surface area contributed by atoms with Crippen LogP contribution in [0.2, 0.25) is 0 Å². The molecule has 0 spiro atoms. The van der Waals surface area contributed by atoms with Gasteiger partial charge in [0.25, 0.3) is 0 Å². The van der Waals surface area contributed by atoms with Gasteiger partial charge in [-0.2, -0.15) is 0 Å². The molecule has 0 aliphatic carbocycles. The van der Waals surface area contributed by atoms with E-state index >= 15 is 0 Å². The highest BCUT2D eigenvalue weighted by Crippen LogP contribution is 2.15. The molecule has 74 valence electrons. The summed E-state index contributed by atoms with van der Waals surface area (Å²) in [7, 11) is 0. The third-order valence-electron chi connectivity index (χ3n) is 1.66. The van der Waals surface area contributed by atoms with Gasteiger partial charge in [-0.3, -0.25) is 0 Å². The summed E-state index contributed by atoms with van der Waals surface area (Å²) in [6.45, 7) is 4.00. The SMILES string of the molecule is CC(C)O[C@H]1C=CC[C@H](/C=C/Br)O1. The summed E-state index contributed by atoms with van der Waals surface area (Å²) in [5.41, 5.74) is 0. The van der Waals surface area contributed by atoms with E-state index < -0.39 is 0 Å². The van der Waals surface area contributed by atoms with Gasteiger partial charge in [0.05, 0.1) is 12.2 Å². The summed E-state index contributed by atoms with van der Waals surface area (Å²) in [5.74, 6) is 0. The van der Waals surface area contributed by atoms with E-state index in [-0.39, 0.29) is 18.5 Å². The topological polar surface area (TPSA) is 18.5 Å². The maximum Gasteiger partial charge on any atom is 0.177 e. The summed E-state index contributed by atoms with van der Waals surface area (Å²) in [5, 5.41) is 0. The molecule has 0 aromatic rings. The first-order chi connectivity index (χ1) is 6.22. The van der Waals surface area contributed by atoms with Gasteiger partial charge in [-0.1, -0.05) is 22.0 Å². The summed E-state index contributed by atoms with van der Waals surface area (Å²) in [4.78, 5) is 1.82. The molecule has 1 rings (SSSR count). The summed E-state index contributed by atoms with van der Waals surface area (Å²) >= 11 is 3.23. The number of hydrogen-bond acceptors (Lipinski definition) is 2. The zero-order chi connectivity index (χ0) is 9.68. The van der Waals surface area contributed by atoms with Crippen molar-refractivity contribution >= 4 is 15.9 Å². The van der Waals surface area contributed by atoms with E-state index in [1.807, 2.05) is 31.0 Å². The van der Waals surface area contributed by atoms with Crippen molar-refractivity contribution in [1.29, 1.82) is 0 Å². The van der Waals surface area contributed by atoms with Gasteiger partial charge in [0.1, 0.15) is 0 Å². The van der Waals surface area contributed by atoms with Crippen molar-refractivity contribution in [3.8, 4) is 0 Å². The maximum atomic E-state index is 5.61. The second-order valence-electron chi connectivity index (χ2n) is 3.21. The summed E-state index contributed by atoms with van der Waals surface area (Å²) in [6, 6.07) is 0. The molecule has 0 N–H and O–H groups in total. The van der Waals surface area contributed by atoms with Crippen molar-refractivity contribution in [2.75, 3.05) is 0 Å². The molecular formula is C10H15BrO2. The molecule has 2 nitrogen and oxygen atoms in total. The van der Waals surface area contributed by atoms with Crippen LogP contribution in [-0.2, 0) is 9.47 Å². The normalized spacial score (nSPS) is 28.9. The van der Waals surface area contributed by atoms with Gasteiger partial charge in [-0.25, -0.2) is 0 Å². The molecule has 0 aromatic carbocycles. The Hall–Kier alpha value is -0.120. The highest BCUT2D eigenvalue weighted by atomic mass is 79.9. The van der Waals surface area contributed by atoms with E-state index in [4.69, 9.17) is 9.47 Å². The Kier molecular flexibility index (Phi) is 4.70. The Bertz CT molecular complexity index is 199. The summed E-state index contributed by atoms with van der Waals surface area (Å²) < 4.78 is 11.1. The standard InChI is InChI=1S/C10H15BrO2/c1-8(2)12-10-5-3-4-9(13-10)6-7-11/h3,5-10H,4H2,1-2H3/b7-6+/t9-,10-/m1/s1. The molecule has 1 aliphatic heterocycles. The second kappa shape index (κ2) is 5.58. The van der Waals surface area contributed by atoms with Crippen LogP contribution in [-0.4, -0.2) is 18.5 Å². The lowest BCUT2D eigenvalue weighted by molar-refractivity contribution is -0.154. The van der Waals surface area contributed by atoms with Crippen LogP contribution in [0.5, 0.6) is 0 Å². The molecule has 0 bridgehead atoms. The Morgan fingerprint density at radius 3 is 3.00 bits per heavy atom. The predicted octanol–water partition coefficient (Wildman–Crippen LogP) is 2.99. The molecule has 3 heteroatoms. The van der Waals surface area contributed by atoms with Gasteiger partial charge in [0, 0.05) is 0 Å². The van der Waals surface area contributed by atoms with Crippen LogP contribution in [0.1, 0.15) is 20.3 Å². The zero-order valence-corrected chi connectivity index (χ0v) is 9.53. The fourth-order valence-electron chi connectivity index (χ4n) is 1.15. The van der Waals surface area contributed by atoms with Gasteiger partial charge in [0.2, 0.25) is 0 Å². The van der Waals surface area contributed by atoms with Crippen LogP contribution in [0.3, 0.4) is 0 Å². The zero-order valence-electron chi connectivity index (χ0n) is 7.94. The van der Waals surface area contributed by atoms with Crippen molar-refractivity contribution in [2.45, 2.75) is 38.8 Å². The minimum absolute atomic E-state index is 0.133. The van der Waals surface area contributed by atoms with Crippen molar-refractivity contribution < 1.29 is 9.47 Å². The van der Waals surface area contributed by atoms with E-state index in [2.05, 4.69) is 22.0 Å². The molecule has 0 aromatic heterocycles. The van der Waals surface area contributed by atoms with Gasteiger partial charge < -0.3 is 9.47 Å². The average Bonchev–Trinajstić information content (AvgIpc) is 2.04. The fourth-order valence-corrected chi connectivity index (χ4v) is 1.49. The lowest BCUT2D eigenvalue weighted by Gasteiger charge is -2.25. The number of halogens is 1. The maximum absolute atomic E-state index is 5.61. The monoisotopic (exact) mass is 246 g/mol. The largest absolute Gasteiger partial charge is 0.346 e. The molecule has 1 aliphatic rings. The van der Waals surface area contributed by atoms with Crippen LogP contribution in [0.15, 0.2) is 23.2 Å². The molecule has 2 atom stereocenters. The number of hydrogen-bond donors (Lipinski definition) is 0. The van der Waals surface area contributed by atoms with Crippen LogP contribution >= 0.6 is 15.9 Å². The number of rotatable bonds is 3. The van der Waals surface area contributed by atoms with Crippen LogP contribution in [0.4, 0.5) is 0 Å². The van der Waals surface area contributed by atoms with Crippen molar-refractivity contribution in [2.24, 2.45) is 0 Å². The first-order valence-electron chi connectivity index (χ1n) is 4.47. The molecule has 0 radical (unpaired) electrons. The highest BCUT2D eigenvalue weighted by molar-refractivity contribution is 9.11. The van der Waals surface area contributed by atoms with Crippen molar-refractivity contribution in [3.05, 3.63) is 23.2 Å². The Morgan fingerprint density at radius 2 is 2.38 bits per heavy atom. The first-order valence-corrected chi connectivity index (χ1v) is 5.38. The van der Waals surface area contributed by atoms with E-state index in [1.165, 1.54) is 0 Å². The average molecular weight is 247 g/mol. The van der Waals surface area contributed by atoms with E-state index in [9.17, 15) is 0 Å². The molecule has 0 fully saturated rings. The first kappa shape index (κ1) is 11.0. The van der Waals surface area contributed by atoms with E-state index in [1.54, 1.807) is 0 Å². The van der Waals surface area contributed by atoms with Gasteiger partial charge in [0.15, 0.2) is 6.29 Å². The predicted molar refractivity (Wildman–Crippen MR) is 56.7 cm³/mol. The van der Waals surface area contributed by atoms with Gasteiger partial charge in [-0.05, 0) is 37.4 Å². The molecular weight excluding hydrogens is 232 g/mol. The summed E-state index contributed by atoms with van der Waals surface area (Å²) in [6.07, 6.45) is 7.07. The highest BCUT2D eigenvalue weighted by Gasteiger charge is 2.16. The molecule has 13 heavy (non-hydrogen) atoms. The molecule has 0 saturated heterocycles. The third kappa shape index (κ3) is 4.07. The number of ether oxygens (including phenoxy) is 2. The smallest absolute Gasteiger partial charge is 0.177 e. The second-order valence-corrected chi connectivity index (χ2v) is 3.74. The van der Waals surface area contributed by atoms with Gasteiger partial charge >= 0.3 is 0 Å². The Labute approximate surface area is 87.7 Å². The minimum atomic E-state index is -0.192. The quantitative estimate of drug-likeness (QED) is 0.714. The fraction of sp³-hybridized carbons (Fsp3) is 0.600. The lowest BCUT2D eigenvalue weighted by atomic mass is 10.2. The van der Waals surface area contributed by atoms with E-state index in [0.717, 1.165) is 6.42 Å². The van der Waals surface area contributed by atoms with Crippen molar-refractivity contribution in [3.63, 3.8) is 0 Å². The third-order valence-corrected chi connectivity index (χ3v) is 1.97. The lowest BCUT2D eigenvalue weighted by Crippen LogP contribution is -2.27. The van der Waals surface area contributed by atoms with Crippen LogP contribution < -0.4 is 0 Å². The minimum Gasteiger partial charge on any atom is -0.346 e. The van der Waals surface area contributed by atoms with Crippen molar-refractivity contribution in [1.82, 2.24) is 0 Å². The van der Waals surface area contributed by atoms with Crippen LogP contribution in [0.25, 0.3) is 0 Å². The Morgan fingerprint density at radius 1 is 1.62 bits per heavy atom. The van der Waals surface area contributed by atoms with E-state index in [0.29, 0.717) is 0 Å². The molecule has 0 saturated carbocycles. The molecule has 1 heterocycles.